The van der Waals surface area contributed by atoms with Gasteiger partial charge < -0.3 is 33.8 Å². The number of carbonyl (C=O) groups is 4. The molecule has 0 spiro atoms. The van der Waals surface area contributed by atoms with Crippen LogP contribution in [-0.2, 0) is 65.4 Å². The maximum atomic E-state index is 13.2. The first-order valence-corrected chi connectivity index (χ1v) is 48.6. The van der Waals surface area contributed by atoms with Crippen molar-refractivity contribution >= 4 is 39.5 Å². The first-order chi connectivity index (χ1) is 52.0. The predicted octanol–water partition coefficient (Wildman–Crippen LogP) is 27.2. The molecule has 636 valence electrons. The van der Waals surface area contributed by atoms with Gasteiger partial charge in [0.05, 0.1) is 26.4 Å². The van der Waals surface area contributed by atoms with E-state index < -0.39 is 97.5 Å². The maximum absolute atomic E-state index is 13.2. The van der Waals surface area contributed by atoms with Crippen molar-refractivity contribution in [2.75, 3.05) is 39.6 Å². The lowest BCUT2D eigenvalue weighted by molar-refractivity contribution is -0.161. The van der Waals surface area contributed by atoms with Gasteiger partial charge in [-0.25, -0.2) is 9.13 Å². The van der Waals surface area contributed by atoms with Gasteiger partial charge in [-0.05, 0) is 31.6 Å². The third-order valence-electron chi connectivity index (χ3n) is 20.8. The molecular formula is C88H172O17P2. The lowest BCUT2D eigenvalue weighted by Gasteiger charge is -2.21. The summed E-state index contributed by atoms with van der Waals surface area (Å²) >= 11 is 0. The van der Waals surface area contributed by atoms with Crippen molar-refractivity contribution in [2.45, 2.75) is 496 Å². The molecule has 19 heteroatoms. The Balaban J connectivity index is 5.24. The van der Waals surface area contributed by atoms with Crippen LogP contribution in [0.25, 0.3) is 0 Å². The lowest BCUT2D eigenvalue weighted by atomic mass is 10.0. The fourth-order valence-corrected chi connectivity index (χ4v) is 15.4. The molecule has 0 aliphatic heterocycles. The van der Waals surface area contributed by atoms with Gasteiger partial charge in [-0.3, -0.25) is 37.3 Å². The van der Waals surface area contributed by atoms with Gasteiger partial charge in [0.1, 0.15) is 19.3 Å². The van der Waals surface area contributed by atoms with Crippen molar-refractivity contribution in [3.05, 3.63) is 0 Å². The van der Waals surface area contributed by atoms with Crippen LogP contribution in [0.2, 0.25) is 0 Å². The molecule has 0 saturated heterocycles. The van der Waals surface area contributed by atoms with Gasteiger partial charge in [0, 0.05) is 25.7 Å². The first-order valence-electron chi connectivity index (χ1n) is 45.6. The van der Waals surface area contributed by atoms with Crippen molar-refractivity contribution in [1.82, 2.24) is 0 Å². The Bertz CT molecular complexity index is 2030. The highest BCUT2D eigenvalue weighted by Crippen LogP contribution is 2.45. The SMILES string of the molecule is CCCCCCCCCCCCCCCCCCCCCC(=O)OC[C@H](COP(=O)(O)OC[C@@H](O)COP(=O)(O)OC[C@@H](COC(=O)CCCCCCCCCCCCC)OC(=O)CCCCCCCCCCCCCCCCCC(C)C)OC(=O)CCCCCCCCCCCCCCCCCCCCC. The standard InChI is InChI=1S/C88H172O17P2/c1-6-9-12-15-18-21-24-26-28-30-32-34-38-42-47-52-57-62-67-72-86(91)99-78-84(105-87(92)73-68-63-58-53-48-43-39-35-33-31-29-27-25-22-19-16-13-10-7-2)80-103-107(96,97)101-76-82(89)75-100-106(94,95)102-79-83(77-98-85(90)71-66-61-56-51-45-23-20-17-14-11-8-3)104-88(93)74-69-64-59-54-49-44-40-36-37-41-46-50-55-60-65-70-81(4)5/h81-84,89H,6-80H2,1-5H3,(H,94,95)(H,96,97)/t82-,83+,84+/m0/s1. The van der Waals surface area contributed by atoms with E-state index in [4.69, 9.17) is 37.0 Å². The van der Waals surface area contributed by atoms with Crippen LogP contribution >= 0.6 is 15.6 Å². The molecule has 0 aliphatic rings. The average molecular weight is 1560 g/mol. The van der Waals surface area contributed by atoms with E-state index in [1.54, 1.807) is 0 Å². The largest absolute Gasteiger partial charge is 0.472 e. The molecule has 0 radical (unpaired) electrons. The van der Waals surface area contributed by atoms with E-state index in [1.165, 1.54) is 302 Å². The zero-order valence-electron chi connectivity index (χ0n) is 70.3. The number of unbranched alkanes of at least 4 members (excludes halogenated alkanes) is 60. The molecule has 17 nitrogen and oxygen atoms in total. The van der Waals surface area contributed by atoms with Crippen LogP contribution in [0.4, 0.5) is 0 Å². The smallest absolute Gasteiger partial charge is 0.462 e. The number of ether oxygens (including phenoxy) is 4. The molecule has 0 aliphatic carbocycles. The van der Waals surface area contributed by atoms with E-state index >= 15 is 0 Å². The summed E-state index contributed by atoms with van der Waals surface area (Å²) in [5.74, 6) is -1.29. The van der Waals surface area contributed by atoms with Crippen LogP contribution < -0.4 is 0 Å². The summed E-state index contributed by atoms with van der Waals surface area (Å²) in [4.78, 5) is 73.3. The van der Waals surface area contributed by atoms with Crippen LogP contribution in [0.15, 0.2) is 0 Å². The average Bonchev–Trinajstić information content (AvgIpc) is 0.925. The minimum Gasteiger partial charge on any atom is -0.462 e. The number of esters is 4. The highest BCUT2D eigenvalue weighted by atomic mass is 31.2. The molecule has 0 heterocycles. The Morgan fingerprint density at radius 2 is 0.430 bits per heavy atom. The second kappa shape index (κ2) is 80.7. The molecule has 0 aromatic carbocycles. The van der Waals surface area contributed by atoms with E-state index in [-0.39, 0.29) is 25.7 Å². The van der Waals surface area contributed by atoms with E-state index in [0.29, 0.717) is 25.7 Å². The minimum absolute atomic E-state index is 0.109. The van der Waals surface area contributed by atoms with Gasteiger partial charge in [0.25, 0.3) is 0 Å². The molecule has 0 fully saturated rings. The molecule has 0 bridgehead atoms. The van der Waals surface area contributed by atoms with E-state index in [0.717, 1.165) is 95.8 Å². The summed E-state index contributed by atoms with van der Waals surface area (Å²) in [6, 6.07) is 0. The number of aliphatic hydroxyl groups is 1. The van der Waals surface area contributed by atoms with E-state index in [2.05, 4.69) is 34.6 Å². The quantitative estimate of drug-likeness (QED) is 0.0222. The number of hydrogen-bond acceptors (Lipinski definition) is 15. The Labute approximate surface area is 658 Å². The third-order valence-corrected chi connectivity index (χ3v) is 22.7. The number of rotatable bonds is 88. The summed E-state index contributed by atoms with van der Waals surface area (Å²) in [6.45, 7) is 7.40. The van der Waals surface area contributed by atoms with Crippen molar-refractivity contribution in [1.29, 1.82) is 0 Å². The number of phosphoric acid groups is 2. The highest BCUT2D eigenvalue weighted by Gasteiger charge is 2.30. The number of phosphoric ester groups is 2. The molecule has 3 N–H and O–H groups in total. The van der Waals surface area contributed by atoms with Gasteiger partial charge in [-0.1, -0.05) is 426 Å². The Morgan fingerprint density at radius 3 is 0.636 bits per heavy atom. The molecule has 107 heavy (non-hydrogen) atoms. The van der Waals surface area contributed by atoms with Crippen LogP contribution in [0.5, 0.6) is 0 Å². The number of carbonyl (C=O) groups excluding carboxylic acids is 4. The molecule has 0 aromatic heterocycles. The van der Waals surface area contributed by atoms with Crippen LogP contribution in [0.3, 0.4) is 0 Å². The van der Waals surface area contributed by atoms with Crippen LogP contribution in [-0.4, -0.2) is 96.7 Å². The summed E-state index contributed by atoms with van der Waals surface area (Å²) in [6.07, 6.45) is 75.0. The van der Waals surface area contributed by atoms with Gasteiger partial charge in [-0.2, -0.15) is 0 Å². The Morgan fingerprint density at radius 1 is 0.252 bits per heavy atom. The lowest BCUT2D eigenvalue weighted by Crippen LogP contribution is -2.30. The fourth-order valence-electron chi connectivity index (χ4n) is 13.8. The highest BCUT2D eigenvalue weighted by molar-refractivity contribution is 7.47. The second-order valence-corrected chi connectivity index (χ2v) is 35.0. The topological polar surface area (TPSA) is 237 Å². The first kappa shape index (κ1) is 105. The molecule has 2 unspecified atom stereocenters. The summed E-state index contributed by atoms with van der Waals surface area (Å²) in [7, 11) is -9.93. The van der Waals surface area contributed by atoms with Crippen molar-refractivity contribution < 1.29 is 80.2 Å². The zero-order valence-corrected chi connectivity index (χ0v) is 72.1. The third kappa shape index (κ3) is 81.9. The molecule has 0 amide bonds. The summed E-state index contributed by atoms with van der Waals surface area (Å²) < 4.78 is 69.0. The van der Waals surface area contributed by atoms with Crippen molar-refractivity contribution in [3.63, 3.8) is 0 Å². The zero-order chi connectivity index (χ0) is 78.3. The van der Waals surface area contributed by atoms with Gasteiger partial charge in [0.15, 0.2) is 12.2 Å². The molecule has 0 aromatic rings. The normalized spacial score (nSPS) is 13.7. The van der Waals surface area contributed by atoms with Gasteiger partial charge in [0.2, 0.25) is 0 Å². The maximum Gasteiger partial charge on any atom is 0.472 e. The number of aliphatic hydroxyl groups excluding tert-OH is 1. The molecule has 5 atom stereocenters. The van der Waals surface area contributed by atoms with Crippen molar-refractivity contribution in [3.8, 4) is 0 Å². The van der Waals surface area contributed by atoms with E-state index in [1.807, 2.05) is 0 Å². The fraction of sp³-hybridized carbons (Fsp3) is 0.955. The molecular weight excluding hydrogens is 1390 g/mol. The van der Waals surface area contributed by atoms with Crippen LogP contribution in [0.1, 0.15) is 478 Å². The summed E-state index contributed by atoms with van der Waals surface area (Å²) in [5, 5.41) is 10.7. The second-order valence-electron chi connectivity index (χ2n) is 32.1. The van der Waals surface area contributed by atoms with Gasteiger partial charge >= 0.3 is 39.5 Å². The van der Waals surface area contributed by atoms with Crippen LogP contribution in [0, 0.1) is 5.92 Å². The monoisotopic (exact) mass is 1560 g/mol. The predicted molar refractivity (Wildman–Crippen MR) is 442 cm³/mol. The van der Waals surface area contributed by atoms with Crippen molar-refractivity contribution in [2.24, 2.45) is 5.92 Å². The molecule has 0 saturated carbocycles. The summed E-state index contributed by atoms with van der Waals surface area (Å²) in [5.41, 5.74) is 0. The van der Waals surface area contributed by atoms with E-state index in [9.17, 15) is 43.2 Å². The minimum atomic E-state index is -4.97. The Kier molecular flexibility index (Phi) is 79.2. The van der Waals surface area contributed by atoms with Gasteiger partial charge in [-0.15, -0.1) is 0 Å². The molecule has 0 rings (SSSR count). The number of hydrogen-bond donors (Lipinski definition) is 3. The Hall–Kier alpha value is -1.94.